The molecule has 0 saturated carbocycles. The number of aliphatic hydroxyl groups is 1. The van der Waals surface area contributed by atoms with Crippen LogP contribution in [0.4, 0.5) is 5.82 Å². The fraction of sp³-hybridized carbons (Fsp3) is 0.500. The first-order valence-electron chi connectivity index (χ1n) is 11.3. The number of nitrogens with zero attached hydrogens (tertiary/aromatic N) is 6. The van der Waals surface area contributed by atoms with Gasteiger partial charge in [0.2, 0.25) is 0 Å². The highest BCUT2D eigenvalue weighted by atomic mass is 16.3. The molecular formula is C24H32N6O. The Hall–Kier alpha value is -2.48. The van der Waals surface area contributed by atoms with Gasteiger partial charge in [0.15, 0.2) is 0 Å². The Morgan fingerprint density at radius 3 is 2.68 bits per heavy atom. The van der Waals surface area contributed by atoms with Crippen LogP contribution in [-0.4, -0.2) is 69.0 Å². The van der Waals surface area contributed by atoms with E-state index in [-0.39, 0.29) is 6.61 Å². The number of likely N-dealkylation sites (N-methyl/N-ethyl adjacent to an activating group) is 1. The van der Waals surface area contributed by atoms with Crippen LogP contribution in [0.2, 0.25) is 0 Å². The molecule has 0 amide bonds. The molecule has 0 aliphatic carbocycles. The summed E-state index contributed by atoms with van der Waals surface area (Å²) in [5.74, 6) is 1.13. The number of anilines is 1. The van der Waals surface area contributed by atoms with Gasteiger partial charge in [-0.25, -0.2) is 4.98 Å². The van der Waals surface area contributed by atoms with E-state index >= 15 is 0 Å². The van der Waals surface area contributed by atoms with Gasteiger partial charge in [0.25, 0.3) is 0 Å². The summed E-state index contributed by atoms with van der Waals surface area (Å²) < 4.78 is 2.16. The molecule has 1 atom stereocenters. The molecule has 5 rings (SSSR count). The largest absolute Gasteiger partial charge is 0.390 e. The summed E-state index contributed by atoms with van der Waals surface area (Å²) in [6.07, 6.45) is 4.17. The van der Waals surface area contributed by atoms with Gasteiger partial charge in [-0.1, -0.05) is 12.1 Å². The van der Waals surface area contributed by atoms with Crippen molar-refractivity contribution in [1.82, 2.24) is 24.2 Å². The minimum absolute atomic E-state index is 0.0115. The van der Waals surface area contributed by atoms with Crippen molar-refractivity contribution in [2.24, 2.45) is 0 Å². The van der Waals surface area contributed by atoms with Crippen LogP contribution >= 0.6 is 0 Å². The van der Waals surface area contributed by atoms with E-state index < -0.39 is 0 Å². The highest BCUT2D eigenvalue weighted by Crippen LogP contribution is 2.34. The Bertz CT molecular complexity index is 1060. The zero-order valence-corrected chi connectivity index (χ0v) is 18.5. The number of aryl methyl sites for hydroxylation is 1. The Morgan fingerprint density at radius 2 is 1.90 bits per heavy atom. The van der Waals surface area contributed by atoms with Gasteiger partial charge < -0.3 is 14.9 Å². The van der Waals surface area contributed by atoms with E-state index in [1.54, 1.807) is 0 Å². The molecule has 2 aliphatic heterocycles. The molecule has 7 heteroatoms. The maximum absolute atomic E-state index is 10.4. The van der Waals surface area contributed by atoms with Crippen LogP contribution in [0.3, 0.4) is 0 Å². The lowest BCUT2D eigenvalue weighted by Gasteiger charge is -2.34. The number of likely N-dealkylation sites (tertiary alicyclic amines) is 1. The molecule has 0 aromatic carbocycles. The van der Waals surface area contributed by atoms with Crippen molar-refractivity contribution >= 4 is 11.5 Å². The molecule has 0 radical (unpaired) electrons. The predicted molar refractivity (Wildman–Crippen MR) is 122 cm³/mol. The van der Waals surface area contributed by atoms with Crippen LogP contribution in [-0.2, 0) is 13.2 Å². The molecule has 2 saturated heterocycles. The minimum atomic E-state index is -0.0115. The zero-order chi connectivity index (χ0) is 21.4. The highest BCUT2D eigenvalue weighted by Gasteiger charge is 2.30. The summed E-state index contributed by atoms with van der Waals surface area (Å²) in [4.78, 5) is 16.9. The Labute approximate surface area is 183 Å². The van der Waals surface area contributed by atoms with Gasteiger partial charge in [-0.3, -0.25) is 14.3 Å². The number of fused-ring (bicyclic) bond motifs is 1. The van der Waals surface area contributed by atoms with E-state index in [1.165, 1.54) is 11.3 Å². The van der Waals surface area contributed by atoms with Crippen LogP contribution in [0.25, 0.3) is 5.65 Å². The Balaban J connectivity index is 1.48. The molecule has 1 N–H and O–H groups in total. The van der Waals surface area contributed by atoms with Crippen molar-refractivity contribution in [3.8, 4) is 0 Å². The number of piperazine rings is 1. The lowest BCUT2D eigenvalue weighted by Crippen LogP contribution is -2.45. The van der Waals surface area contributed by atoms with Gasteiger partial charge in [0.1, 0.15) is 11.5 Å². The van der Waals surface area contributed by atoms with E-state index in [4.69, 9.17) is 9.97 Å². The molecule has 0 bridgehead atoms. The fourth-order valence-corrected chi connectivity index (χ4v) is 5.12. The first kappa shape index (κ1) is 20.4. The van der Waals surface area contributed by atoms with Crippen molar-refractivity contribution in [3.05, 3.63) is 59.2 Å². The third kappa shape index (κ3) is 3.82. The van der Waals surface area contributed by atoms with Crippen LogP contribution in [0.5, 0.6) is 0 Å². The second kappa shape index (κ2) is 8.57. The lowest BCUT2D eigenvalue weighted by molar-refractivity contribution is 0.233. The van der Waals surface area contributed by atoms with Crippen molar-refractivity contribution in [2.45, 2.75) is 39.0 Å². The van der Waals surface area contributed by atoms with Crippen molar-refractivity contribution in [1.29, 1.82) is 0 Å². The van der Waals surface area contributed by atoms with Crippen LogP contribution in [0.15, 0.2) is 36.5 Å². The molecule has 5 heterocycles. The van der Waals surface area contributed by atoms with Gasteiger partial charge in [0.05, 0.1) is 29.7 Å². The summed E-state index contributed by atoms with van der Waals surface area (Å²) in [7, 11) is 2.17. The molecule has 164 valence electrons. The van der Waals surface area contributed by atoms with E-state index in [0.717, 1.165) is 75.0 Å². The molecule has 3 aromatic rings. The molecule has 3 aromatic heterocycles. The number of aliphatic hydroxyl groups excluding tert-OH is 1. The van der Waals surface area contributed by atoms with E-state index in [2.05, 4.69) is 51.3 Å². The number of hydrogen-bond acceptors (Lipinski definition) is 6. The third-order valence-corrected chi connectivity index (χ3v) is 6.86. The van der Waals surface area contributed by atoms with E-state index in [1.807, 2.05) is 18.3 Å². The lowest BCUT2D eigenvalue weighted by atomic mass is 10.1. The minimum Gasteiger partial charge on any atom is -0.390 e. The first-order valence-corrected chi connectivity index (χ1v) is 11.3. The van der Waals surface area contributed by atoms with E-state index in [0.29, 0.717) is 6.04 Å². The molecule has 7 nitrogen and oxygen atoms in total. The average molecular weight is 421 g/mol. The average Bonchev–Trinajstić information content (AvgIpc) is 3.38. The Morgan fingerprint density at radius 1 is 1.06 bits per heavy atom. The quantitative estimate of drug-likeness (QED) is 0.685. The number of rotatable bonds is 5. The Kier molecular flexibility index (Phi) is 5.65. The summed E-state index contributed by atoms with van der Waals surface area (Å²) in [6, 6.07) is 10.7. The smallest absolute Gasteiger partial charge is 0.138 e. The van der Waals surface area contributed by atoms with Crippen LogP contribution in [0, 0.1) is 6.92 Å². The first-order chi connectivity index (χ1) is 15.2. The number of hydrogen-bond donors (Lipinski definition) is 1. The van der Waals surface area contributed by atoms with Gasteiger partial charge >= 0.3 is 0 Å². The zero-order valence-electron chi connectivity index (χ0n) is 18.5. The molecular weight excluding hydrogens is 388 g/mol. The number of imidazole rings is 1. The van der Waals surface area contributed by atoms with Crippen molar-refractivity contribution in [3.63, 3.8) is 0 Å². The third-order valence-electron chi connectivity index (χ3n) is 6.86. The topological polar surface area (TPSA) is 60.1 Å². The highest BCUT2D eigenvalue weighted by molar-refractivity contribution is 5.55. The molecule has 2 aliphatic rings. The monoisotopic (exact) mass is 420 g/mol. The molecule has 0 unspecified atom stereocenters. The molecule has 2 fully saturated rings. The maximum atomic E-state index is 10.4. The summed E-state index contributed by atoms with van der Waals surface area (Å²) in [6.45, 7) is 7.97. The summed E-state index contributed by atoms with van der Waals surface area (Å²) in [5, 5.41) is 10.4. The predicted octanol–water partition coefficient (Wildman–Crippen LogP) is 2.62. The number of aromatic nitrogens is 3. The van der Waals surface area contributed by atoms with Gasteiger partial charge in [-0.15, -0.1) is 0 Å². The second-order valence-corrected chi connectivity index (χ2v) is 8.87. The normalized spacial score (nSPS) is 20.7. The summed E-state index contributed by atoms with van der Waals surface area (Å²) in [5.41, 5.74) is 5.22. The van der Waals surface area contributed by atoms with Gasteiger partial charge in [0, 0.05) is 38.9 Å². The molecule has 0 spiro atoms. The maximum Gasteiger partial charge on any atom is 0.138 e. The fourth-order valence-electron chi connectivity index (χ4n) is 5.12. The van der Waals surface area contributed by atoms with E-state index in [9.17, 15) is 5.11 Å². The van der Waals surface area contributed by atoms with Crippen molar-refractivity contribution < 1.29 is 5.11 Å². The van der Waals surface area contributed by atoms with Gasteiger partial charge in [-0.2, -0.15) is 0 Å². The molecule has 31 heavy (non-hydrogen) atoms. The summed E-state index contributed by atoms with van der Waals surface area (Å²) >= 11 is 0. The number of pyridine rings is 2. The standard InChI is InChI=1S/C24H32N6O/c1-18-6-4-10-25-24(18)20-7-5-11-29(20)16-19-21(17-31)30-22(26-19)8-3-9-23(30)28-14-12-27(2)13-15-28/h3-4,6,8-10,20,31H,5,7,11-17H2,1-2H3/t20-/m0/s1. The second-order valence-electron chi connectivity index (χ2n) is 8.87. The van der Waals surface area contributed by atoms with Crippen LogP contribution < -0.4 is 4.90 Å². The van der Waals surface area contributed by atoms with Crippen LogP contribution in [0.1, 0.15) is 41.5 Å². The SMILES string of the molecule is Cc1cccnc1[C@@H]1CCCN1Cc1nc2cccc(N3CCN(C)CC3)n2c1CO. The van der Waals surface area contributed by atoms with Gasteiger partial charge in [-0.05, 0) is 57.1 Å². The van der Waals surface area contributed by atoms with Crippen molar-refractivity contribution in [2.75, 3.05) is 44.7 Å².